The van der Waals surface area contributed by atoms with Crippen molar-refractivity contribution in [1.82, 2.24) is 5.32 Å². The van der Waals surface area contributed by atoms with E-state index in [4.69, 9.17) is 16.0 Å². The molecule has 0 bridgehead atoms. The highest BCUT2D eigenvalue weighted by molar-refractivity contribution is 6.30. The van der Waals surface area contributed by atoms with Crippen molar-refractivity contribution in [3.63, 3.8) is 0 Å². The molecule has 0 amide bonds. The Morgan fingerprint density at radius 1 is 0.917 bits per heavy atom. The molecule has 0 fully saturated rings. The summed E-state index contributed by atoms with van der Waals surface area (Å²) in [5, 5.41) is 4.11. The van der Waals surface area contributed by atoms with Crippen molar-refractivity contribution < 1.29 is 8.81 Å². The van der Waals surface area contributed by atoms with Gasteiger partial charge >= 0.3 is 0 Å². The minimum absolute atomic E-state index is 0. The van der Waals surface area contributed by atoms with Gasteiger partial charge in [0.1, 0.15) is 17.3 Å². The van der Waals surface area contributed by atoms with E-state index in [0.29, 0.717) is 6.54 Å². The average Bonchev–Trinajstić information content (AvgIpc) is 3.03. The Labute approximate surface area is 152 Å². The van der Waals surface area contributed by atoms with Gasteiger partial charge in [-0.25, -0.2) is 4.39 Å². The van der Waals surface area contributed by atoms with Gasteiger partial charge in [-0.3, -0.25) is 0 Å². The summed E-state index contributed by atoms with van der Waals surface area (Å²) < 4.78 is 18.7. The van der Waals surface area contributed by atoms with Gasteiger partial charge in [0.2, 0.25) is 0 Å². The van der Waals surface area contributed by atoms with Crippen LogP contribution in [0.4, 0.5) is 4.39 Å². The highest BCUT2D eigenvalue weighted by atomic mass is 35.5. The maximum atomic E-state index is 12.9. The van der Waals surface area contributed by atoms with Crippen LogP contribution in [0.15, 0.2) is 65.1 Å². The van der Waals surface area contributed by atoms with E-state index in [1.54, 1.807) is 12.1 Å². The smallest absolute Gasteiger partial charge is 0.134 e. The van der Waals surface area contributed by atoms with Gasteiger partial charge < -0.3 is 9.73 Å². The second-order valence-electron chi connectivity index (χ2n) is 5.33. The van der Waals surface area contributed by atoms with Gasteiger partial charge in [-0.15, -0.1) is 12.4 Å². The first kappa shape index (κ1) is 18.5. The molecule has 5 heteroatoms. The number of hydrogen-bond donors (Lipinski definition) is 1. The van der Waals surface area contributed by atoms with Crippen LogP contribution in [0.2, 0.25) is 5.02 Å². The van der Waals surface area contributed by atoms with Crippen molar-refractivity contribution in [3.05, 3.63) is 82.8 Å². The van der Waals surface area contributed by atoms with Crippen LogP contribution >= 0.6 is 24.0 Å². The first-order valence-corrected chi connectivity index (χ1v) is 7.88. The largest absolute Gasteiger partial charge is 0.460 e. The van der Waals surface area contributed by atoms with Crippen LogP contribution in [-0.4, -0.2) is 6.54 Å². The quantitative estimate of drug-likeness (QED) is 0.584. The maximum Gasteiger partial charge on any atom is 0.134 e. The molecule has 1 N–H and O–H groups in total. The SMILES string of the molecule is Cl.Fc1ccc(-c2ccc(CNCCc3ccc(Cl)cc3)o2)cc1. The molecule has 2 aromatic carbocycles. The first-order chi connectivity index (χ1) is 11.2. The summed E-state index contributed by atoms with van der Waals surface area (Å²) in [6, 6.07) is 18.0. The van der Waals surface area contributed by atoms with Crippen LogP contribution in [0.1, 0.15) is 11.3 Å². The molecule has 0 saturated heterocycles. The average molecular weight is 366 g/mol. The second-order valence-corrected chi connectivity index (χ2v) is 5.76. The lowest BCUT2D eigenvalue weighted by atomic mass is 10.1. The van der Waals surface area contributed by atoms with Crippen LogP contribution in [-0.2, 0) is 13.0 Å². The predicted octanol–water partition coefficient (Wildman–Crippen LogP) is 5.49. The lowest BCUT2D eigenvalue weighted by molar-refractivity contribution is 0.494. The summed E-state index contributed by atoms with van der Waals surface area (Å²) in [6.45, 7) is 1.52. The lowest BCUT2D eigenvalue weighted by Crippen LogP contribution is -2.16. The topological polar surface area (TPSA) is 25.2 Å². The number of benzene rings is 2. The Morgan fingerprint density at radius 2 is 1.62 bits per heavy atom. The van der Waals surface area contributed by atoms with E-state index >= 15 is 0 Å². The normalized spacial score (nSPS) is 10.4. The molecule has 24 heavy (non-hydrogen) atoms. The van der Waals surface area contributed by atoms with Gasteiger partial charge in [0.15, 0.2) is 0 Å². The summed E-state index contributed by atoms with van der Waals surface area (Å²) in [5.41, 5.74) is 2.12. The Bertz CT molecular complexity index is 754. The molecule has 0 aliphatic heterocycles. The summed E-state index contributed by atoms with van der Waals surface area (Å²) in [4.78, 5) is 0. The van der Waals surface area contributed by atoms with Crippen molar-refractivity contribution in [2.75, 3.05) is 6.54 Å². The minimum Gasteiger partial charge on any atom is -0.460 e. The number of furan rings is 1. The van der Waals surface area contributed by atoms with Gasteiger partial charge in [0.05, 0.1) is 6.54 Å². The predicted molar refractivity (Wildman–Crippen MR) is 98.2 cm³/mol. The van der Waals surface area contributed by atoms with Crippen molar-refractivity contribution in [3.8, 4) is 11.3 Å². The highest BCUT2D eigenvalue weighted by Gasteiger charge is 2.05. The number of nitrogens with one attached hydrogen (secondary N) is 1. The fourth-order valence-electron chi connectivity index (χ4n) is 2.34. The molecule has 0 unspecified atom stereocenters. The van der Waals surface area contributed by atoms with Crippen molar-refractivity contribution in [2.24, 2.45) is 0 Å². The minimum atomic E-state index is -0.246. The molecule has 0 aliphatic carbocycles. The van der Waals surface area contributed by atoms with Crippen LogP contribution in [0.5, 0.6) is 0 Å². The molecule has 3 rings (SSSR count). The van der Waals surface area contributed by atoms with E-state index in [9.17, 15) is 4.39 Å². The molecule has 0 aliphatic rings. The van der Waals surface area contributed by atoms with E-state index in [-0.39, 0.29) is 18.2 Å². The molecular weight excluding hydrogens is 348 g/mol. The third-order valence-corrected chi connectivity index (χ3v) is 3.85. The van der Waals surface area contributed by atoms with Crippen molar-refractivity contribution >= 4 is 24.0 Å². The molecule has 0 radical (unpaired) electrons. The summed E-state index contributed by atoms with van der Waals surface area (Å²) in [6.07, 6.45) is 0.933. The third kappa shape index (κ3) is 5.10. The zero-order chi connectivity index (χ0) is 16.1. The lowest BCUT2D eigenvalue weighted by Gasteiger charge is -2.03. The fourth-order valence-corrected chi connectivity index (χ4v) is 2.46. The van der Waals surface area contributed by atoms with E-state index in [0.717, 1.165) is 35.1 Å². The third-order valence-electron chi connectivity index (χ3n) is 3.59. The molecule has 1 heterocycles. The molecule has 0 atom stereocenters. The summed E-state index contributed by atoms with van der Waals surface area (Å²) >= 11 is 5.87. The zero-order valence-corrected chi connectivity index (χ0v) is 14.5. The Hall–Kier alpha value is -1.81. The molecular formula is C19H18Cl2FNO. The van der Waals surface area contributed by atoms with E-state index in [2.05, 4.69) is 5.32 Å². The van der Waals surface area contributed by atoms with E-state index in [1.165, 1.54) is 17.7 Å². The Morgan fingerprint density at radius 3 is 2.33 bits per heavy atom. The van der Waals surface area contributed by atoms with E-state index < -0.39 is 0 Å². The Balaban J connectivity index is 0.00000208. The monoisotopic (exact) mass is 365 g/mol. The molecule has 126 valence electrons. The Kier molecular flexibility index (Phi) is 6.85. The highest BCUT2D eigenvalue weighted by Crippen LogP contribution is 2.22. The van der Waals surface area contributed by atoms with Crippen molar-refractivity contribution in [2.45, 2.75) is 13.0 Å². The van der Waals surface area contributed by atoms with Gasteiger partial charge in [0.25, 0.3) is 0 Å². The van der Waals surface area contributed by atoms with Gasteiger partial charge in [0, 0.05) is 10.6 Å². The summed E-state index contributed by atoms with van der Waals surface area (Å²) in [5.74, 6) is 1.37. The molecule has 1 aromatic heterocycles. The first-order valence-electron chi connectivity index (χ1n) is 7.50. The van der Waals surface area contributed by atoms with Crippen LogP contribution in [0.3, 0.4) is 0 Å². The summed E-state index contributed by atoms with van der Waals surface area (Å²) in [7, 11) is 0. The van der Waals surface area contributed by atoms with Gasteiger partial charge in [-0.2, -0.15) is 0 Å². The fraction of sp³-hybridized carbons (Fsp3) is 0.158. The standard InChI is InChI=1S/C19H17ClFNO.ClH/c20-16-5-1-14(2-6-16)11-12-22-13-18-9-10-19(23-18)15-3-7-17(21)8-4-15;/h1-10,22H,11-13H2;1H. The van der Waals surface area contributed by atoms with Crippen LogP contribution in [0.25, 0.3) is 11.3 Å². The number of rotatable bonds is 6. The van der Waals surface area contributed by atoms with Crippen LogP contribution in [0, 0.1) is 5.82 Å². The number of halogens is 3. The van der Waals surface area contributed by atoms with Gasteiger partial charge in [-0.05, 0) is 67.1 Å². The van der Waals surface area contributed by atoms with Crippen LogP contribution < -0.4 is 5.32 Å². The van der Waals surface area contributed by atoms with Gasteiger partial charge in [-0.1, -0.05) is 23.7 Å². The molecule has 0 saturated carbocycles. The van der Waals surface area contributed by atoms with Crippen molar-refractivity contribution in [1.29, 1.82) is 0 Å². The molecule has 0 spiro atoms. The zero-order valence-electron chi connectivity index (χ0n) is 13.0. The molecule has 3 aromatic rings. The van der Waals surface area contributed by atoms with E-state index in [1.807, 2.05) is 36.4 Å². The molecule has 2 nitrogen and oxygen atoms in total. The second kappa shape index (κ2) is 8.88. The number of hydrogen-bond acceptors (Lipinski definition) is 2. The maximum absolute atomic E-state index is 12.9.